The van der Waals surface area contributed by atoms with Crippen molar-refractivity contribution in [3.8, 4) is 5.75 Å². The first-order chi connectivity index (χ1) is 10.1. The van der Waals surface area contributed by atoms with Crippen LogP contribution in [0.2, 0.25) is 0 Å². The normalized spacial score (nSPS) is 13.8. The van der Waals surface area contributed by atoms with E-state index in [-0.39, 0.29) is 0 Å². The molecule has 0 fully saturated rings. The van der Waals surface area contributed by atoms with E-state index in [4.69, 9.17) is 0 Å². The molecule has 0 aromatic heterocycles. The van der Waals surface area contributed by atoms with Gasteiger partial charge < -0.3 is 4.74 Å². The predicted molar refractivity (Wildman–Crippen MR) is 65.0 cm³/mol. The van der Waals surface area contributed by atoms with Crippen molar-refractivity contribution in [3.05, 3.63) is 24.3 Å². The lowest BCUT2D eigenvalue weighted by molar-refractivity contribution is -0.274. The van der Waals surface area contributed by atoms with Crippen molar-refractivity contribution in [1.29, 1.82) is 0 Å². The Bertz CT molecular complexity index is 746. The number of hydrogen-bond acceptors (Lipinski definition) is 5. The number of rotatable bonds is 5. The van der Waals surface area contributed by atoms with Gasteiger partial charge in [-0.15, -0.1) is 13.2 Å². The van der Waals surface area contributed by atoms with Crippen LogP contribution in [-0.2, 0) is 19.7 Å². The second-order valence-corrected chi connectivity index (χ2v) is 8.67. The van der Waals surface area contributed by atoms with Gasteiger partial charge in [0.2, 0.25) is 0 Å². The van der Waals surface area contributed by atoms with Crippen LogP contribution in [0.25, 0.3) is 0 Å². The Labute approximate surface area is 126 Å². The van der Waals surface area contributed by atoms with Gasteiger partial charge in [-0.1, -0.05) is 0 Å². The Kier molecular flexibility index (Phi) is 5.26. The van der Waals surface area contributed by atoms with Crippen LogP contribution in [0, 0.1) is 0 Å². The maximum Gasteiger partial charge on any atom is 0.573 e. The zero-order chi connectivity index (χ0) is 18.1. The van der Waals surface area contributed by atoms with E-state index in [1.54, 1.807) is 0 Å². The van der Waals surface area contributed by atoms with Gasteiger partial charge in [0.15, 0.2) is 24.8 Å². The molecule has 0 N–H and O–H groups in total. The molecule has 0 amide bonds. The van der Waals surface area contributed by atoms with Gasteiger partial charge in [-0.2, -0.15) is 13.2 Å². The summed E-state index contributed by atoms with van der Waals surface area (Å²) < 4.78 is 121. The van der Waals surface area contributed by atoms with Crippen LogP contribution >= 0.6 is 0 Å². The van der Waals surface area contributed by atoms with Crippen LogP contribution in [0.4, 0.5) is 26.3 Å². The lowest BCUT2D eigenvalue weighted by atomic mass is 10.3. The zero-order valence-electron chi connectivity index (χ0n) is 10.8. The number of halogens is 6. The van der Waals surface area contributed by atoms with Gasteiger partial charge >= 0.3 is 12.5 Å². The molecular weight excluding hydrogens is 378 g/mol. The van der Waals surface area contributed by atoms with Crippen LogP contribution in [0.1, 0.15) is 0 Å². The van der Waals surface area contributed by atoms with Crippen molar-refractivity contribution < 1.29 is 47.9 Å². The van der Waals surface area contributed by atoms with E-state index >= 15 is 0 Å². The highest BCUT2D eigenvalue weighted by Gasteiger charge is 2.38. The average molecular weight is 386 g/mol. The molecule has 0 atom stereocenters. The Morgan fingerprint density at radius 2 is 1.35 bits per heavy atom. The molecule has 1 aromatic rings. The molecule has 1 aromatic carbocycles. The summed E-state index contributed by atoms with van der Waals surface area (Å²) in [5.74, 6) is -3.09. The van der Waals surface area contributed by atoms with Gasteiger partial charge in [-0.3, -0.25) is 0 Å². The highest BCUT2D eigenvalue weighted by Crippen LogP contribution is 2.25. The number of alkyl halides is 6. The molecule has 23 heavy (non-hydrogen) atoms. The Morgan fingerprint density at radius 3 is 1.74 bits per heavy atom. The highest BCUT2D eigenvalue weighted by atomic mass is 32.3. The Balaban J connectivity index is 2.97. The summed E-state index contributed by atoms with van der Waals surface area (Å²) in [4.78, 5) is -0.752. The lowest BCUT2D eigenvalue weighted by Gasteiger charge is -2.10. The van der Waals surface area contributed by atoms with Gasteiger partial charge in [0, 0.05) is 0 Å². The van der Waals surface area contributed by atoms with Crippen LogP contribution in [0.5, 0.6) is 5.75 Å². The minimum absolute atomic E-state index is 0.594. The standard InChI is InChI=1S/C10H8F6O5S2/c11-9(12,13)5-22(17,18)6-23(19,20)8-3-1-7(2-4-8)21-10(14,15)16/h1-4H,5-6H2. The van der Waals surface area contributed by atoms with Gasteiger partial charge in [-0.25, -0.2) is 16.8 Å². The molecule has 1 rings (SSSR count). The summed E-state index contributed by atoms with van der Waals surface area (Å²) in [6, 6.07) is 2.38. The van der Waals surface area contributed by atoms with Crippen molar-refractivity contribution in [2.45, 2.75) is 17.4 Å². The van der Waals surface area contributed by atoms with E-state index in [1.807, 2.05) is 0 Å². The molecule has 0 saturated heterocycles. The largest absolute Gasteiger partial charge is 0.573 e. The average Bonchev–Trinajstić information content (AvgIpc) is 2.21. The molecule has 132 valence electrons. The smallest absolute Gasteiger partial charge is 0.406 e. The summed E-state index contributed by atoms with van der Waals surface area (Å²) >= 11 is 0. The summed E-state index contributed by atoms with van der Waals surface area (Å²) in [5, 5.41) is -1.82. The number of ether oxygens (including phenoxy) is 1. The molecule has 0 radical (unpaired) electrons. The topological polar surface area (TPSA) is 77.5 Å². The maximum absolute atomic E-state index is 12.0. The first-order valence-electron chi connectivity index (χ1n) is 5.45. The fraction of sp³-hybridized carbons (Fsp3) is 0.400. The van der Waals surface area contributed by atoms with E-state index in [9.17, 15) is 43.2 Å². The highest BCUT2D eigenvalue weighted by molar-refractivity contribution is 8.08. The molecule has 0 aliphatic rings. The van der Waals surface area contributed by atoms with Gasteiger partial charge in [0.1, 0.15) is 11.5 Å². The second-order valence-electron chi connectivity index (χ2n) is 4.25. The Morgan fingerprint density at radius 1 is 0.870 bits per heavy atom. The third-order valence-corrected chi connectivity index (χ3v) is 6.57. The molecular formula is C10H8F6O5S2. The van der Waals surface area contributed by atoms with E-state index < -0.39 is 53.7 Å². The van der Waals surface area contributed by atoms with Crippen molar-refractivity contribution in [2.24, 2.45) is 0 Å². The summed E-state index contributed by atoms with van der Waals surface area (Å²) in [5.41, 5.74) is 0. The van der Waals surface area contributed by atoms with Gasteiger partial charge in [0.25, 0.3) is 0 Å². The fourth-order valence-corrected chi connectivity index (χ4v) is 5.26. The maximum atomic E-state index is 12.0. The van der Waals surface area contributed by atoms with Crippen molar-refractivity contribution in [1.82, 2.24) is 0 Å². The summed E-state index contributed by atoms with van der Waals surface area (Å²) in [6.07, 6.45) is -10.1. The molecule has 0 spiro atoms. The zero-order valence-corrected chi connectivity index (χ0v) is 12.5. The minimum Gasteiger partial charge on any atom is -0.406 e. The lowest BCUT2D eigenvalue weighted by Crippen LogP contribution is -2.28. The molecule has 0 bridgehead atoms. The Hall–Kier alpha value is -1.50. The van der Waals surface area contributed by atoms with E-state index in [0.717, 1.165) is 0 Å². The number of benzene rings is 1. The molecule has 0 unspecified atom stereocenters. The quantitative estimate of drug-likeness (QED) is 0.726. The van der Waals surface area contributed by atoms with Gasteiger partial charge in [-0.05, 0) is 24.3 Å². The first-order valence-corrected chi connectivity index (χ1v) is 8.93. The monoisotopic (exact) mass is 386 g/mol. The van der Waals surface area contributed by atoms with Crippen LogP contribution in [0.15, 0.2) is 29.2 Å². The van der Waals surface area contributed by atoms with E-state index in [1.165, 1.54) is 0 Å². The van der Waals surface area contributed by atoms with Crippen LogP contribution in [0.3, 0.4) is 0 Å². The van der Waals surface area contributed by atoms with E-state index in [2.05, 4.69) is 4.74 Å². The number of hydrogen-bond donors (Lipinski definition) is 0. The van der Waals surface area contributed by atoms with Crippen molar-refractivity contribution in [3.63, 3.8) is 0 Å². The molecule has 0 heterocycles. The fourth-order valence-electron chi connectivity index (χ4n) is 1.44. The van der Waals surface area contributed by atoms with Crippen molar-refractivity contribution >= 4 is 19.7 Å². The molecule has 0 aliphatic carbocycles. The van der Waals surface area contributed by atoms with Crippen LogP contribution in [-0.4, -0.2) is 40.2 Å². The summed E-state index contributed by atoms with van der Waals surface area (Å²) in [7, 11) is -9.68. The molecule has 0 aliphatic heterocycles. The van der Waals surface area contributed by atoms with Gasteiger partial charge in [0.05, 0.1) is 4.90 Å². The first kappa shape index (κ1) is 19.5. The summed E-state index contributed by atoms with van der Waals surface area (Å²) in [6.45, 7) is 0. The number of sulfone groups is 2. The molecule has 5 nitrogen and oxygen atoms in total. The van der Waals surface area contributed by atoms with Crippen molar-refractivity contribution in [2.75, 3.05) is 10.8 Å². The second kappa shape index (κ2) is 6.19. The third kappa shape index (κ3) is 7.07. The minimum atomic E-state index is -5.11. The molecule has 13 heteroatoms. The predicted octanol–water partition coefficient (Wildman–Crippen LogP) is 2.29. The third-order valence-electron chi connectivity index (χ3n) is 2.13. The van der Waals surface area contributed by atoms with Crippen LogP contribution < -0.4 is 4.74 Å². The van der Waals surface area contributed by atoms with E-state index in [0.29, 0.717) is 24.3 Å². The SMILES string of the molecule is O=S(=O)(CC(F)(F)F)CS(=O)(=O)c1ccc(OC(F)(F)F)cc1. The molecule has 0 saturated carbocycles.